The van der Waals surface area contributed by atoms with Crippen molar-refractivity contribution in [3.8, 4) is 0 Å². The van der Waals surface area contributed by atoms with Crippen molar-refractivity contribution in [1.82, 2.24) is 5.32 Å². The number of rotatable bonds is 3. The molecule has 3 heteroatoms. The zero-order valence-electron chi connectivity index (χ0n) is 10.2. The Balaban J connectivity index is 1.67. The van der Waals surface area contributed by atoms with Gasteiger partial charge in [-0.05, 0) is 44.4 Å². The Morgan fingerprint density at radius 3 is 2.81 bits per heavy atom. The van der Waals surface area contributed by atoms with Gasteiger partial charge in [-0.25, -0.2) is 0 Å². The lowest BCUT2D eigenvalue weighted by atomic mass is 10.1. The average Bonchev–Trinajstić information content (AvgIpc) is 2.65. The minimum Gasteiger partial charge on any atom is -0.378 e. The van der Waals surface area contributed by atoms with Gasteiger partial charge in [-0.1, -0.05) is 6.92 Å². The lowest BCUT2D eigenvalue weighted by molar-refractivity contribution is -0.125. The molecule has 2 rings (SSSR count). The van der Waals surface area contributed by atoms with Crippen molar-refractivity contribution in [2.75, 3.05) is 6.61 Å². The highest BCUT2D eigenvalue weighted by Gasteiger charge is 2.24. The normalized spacial score (nSPS) is 34.9. The van der Waals surface area contributed by atoms with E-state index in [-0.39, 0.29) is 12.0 Å². The van der Waals surface area contributed by atoms with Gasteiger partial charge in [0.1, 0.15) is 0 Å². The van der Waals surface area contributed by atoms with Gasteiger partial charge in [-0.15, -0.1) is 0 Å². The lowest BCUT2D eigenvalue weighted by Gasteiger charge is -2.22. The Kier molecular flexibility index (Phi) is 4.22. The summed E-state index contributed by atoms with van der Waals surface area (Å²) in [4.78, 5) is 11.8. The van der Waals surface area contributed by atoms with Crippen LogP contribution in [0.25, 0.3) is 0 Å². The number of hydrogen-bond donors (Lipinski definition) is 1. The van der Waals surface area contributed by atoms with Crippen molar-refractivity contribution in [1.29, 1.82) is 0 Å². The molecule has 0 radical (unpaired) electrons. The van der Waals surface area contributed by atoms with E-state index < -0.39 is 0 Å². The molecule has 0 bridgehead atoms. The summed E-state index contributed by atoms with van der Waals surface area (Å²) in [6, 6.07) is 0.422. The van der Waals surface area contributed by atoms with Crippen LogP contribution in [-0.4, -0.2) is 24.7 Å². The van der Waals surface area contributed by atoms with Gasteiger partial charge in [0.25, 0.3) is 0 Å². The van der Waals surface area contributed by atoms with Gasteiger partial charge in [-0.3, -0.25) is 4.79 Å². The van der Waals surface area contributed by atoms with Gasteiger partial charge >= 0.3 is 0 Å². The quantitative estimate of drug-likeness (QED) is 0.800. The molecule has 3 nitrogen and oxygen atoms in total. The molecule has 1 aliphatic heterocycles. The summed E-state index contributed by atoms with van der Waals surface area (Å²) in [5, 5.41) is 3.14. The molecule has 1 saturated heterocycles. The number of ether oxygens (including phenoxy) is 1. The van der Waals surface area contributed by atoms with Crippen molar-refractivity contribution in [3.05, 3.63) is 0 Å². The molecule has 1 aliphatic carbocycles. The van der Waals surface area contributed by atoms with E-state index >= 15 is 0 Å². The van der Waals surface area contributed by atoms with Gasteiger partial charge < -0.3 is 10.1 Å². The molecule has 0 aromatic carbocycles. The third-order valence-corrected chi connectivity index (χ3v) is 3.75. The summed E-state index contributed by atoms with van der Waals surface area (Å²) in [5.41, 5.74) is 0. The third-order valence-electron chi connectivity index (χ3n) is 3.75. The zero-order valence-corrected chi connectivity index (χ0v) is 10.2. The molecule has 92 valence electrons. The molecule has 16 heavy (non-hydrogen) atoms. The topological polar surface area (TPSA) is 38.3 Å². The van der Waals surface area contributed by atoms with Crippen LogP contribution in [0.1, 0.15) is 51.9 Å². The van der Waals surface area contributed by atoms with E-state index in [2.05, 4.69) is 12.2 Å². The molecule has 1 amide bonds. The van der Waals surface area contributed by atoms with Gasteiger partial charge in [0.05, 0.1) is 12.5 Å². The molecule has 3 unspecified atom stereocenters. The van der Waals surface area contributed by atoms with Crippen LogP contribution in [-0.2, 0) is 9.53 Å². The third kappa shape index (κ3) is 3.48. The Morgan fingerprint density at radius 2 is 2.19 bits per heavy atom. The van der Waals surface area contributed by atoms with E-state index in [1.165, 1.54) is 12.8 Å². The minimum absolute atomic E-state index is 0.174. The van der Waals surface area contributed by atoms with Crippen molar-refractivity contribution in [2.24, 2.45) is 5.92 Å². The van der Waals surface area contributed by atoms with Gasteiger partial charge in [0, 0.05) is 12.6 Å². The summed E-state index contributed by atoms with van der Waals surface area (Å²) in [6.45, 7) is 3.09. The number of amides is 1. The van der Waals surface area contributed by atoms with Crippen LogP contribution in [0.15, 0.2) is 0 Å². The number of hydrogen-bond acceptors (Lipinski definition) is 2. The molecule has 3 atom stereocenters. The Morgan fingerprint density at radius 1 is 1.31 bits per heavy atom. The Labute approximate surface area is 97.9 Å². The molecular weight excluding hydrogens is 202 g/mol. The minimum atomic E-state index is 0.174. The summed E-state index contributed by atoms with van der Waals surface area (Å²) >= 11 is 0. The SMILES string of the molecule is CC1CCC(NC(=O)CC2CCCCO2)C1. The second-order valence-corrected chi connectivity index (χ2v) is 5.38. The van der Waals surface area contributed by atoms with Crippen LogP contribution in [0.5, 0.6) is 0 Å². The number of carbonyl (C=O) groups is 1. The highest BCUT2D eigenvalue weighted by Crippen LogP contribution is 2.25. The van der Waals surface area contributed by atoms with E-state index in [9.17, 15) is 4.79 Å². The lowest BCUT2D eigenvalue weighted by Crippen LogP contribution is -2.36. The molecule has 1 saturated carbocycles. The molecule has 0 aromatic heterocycles. The zero-order chi connectivity index (χ0) is 11.4. The summed E-state index contributed by atoms with van der Waals surface area (Å²) < 4.78 is 5.57. The maximum absolute atomic E-state index is 11.8. The van der Waals surface area contributed by atoms with Crippen LogP contribution >= 0.6 is 0 Å². The van der Waals surface area contributed by atoms with Gasteiger partial charge in [0.2, 0.25) is 5.91 Å². The second kappa shape index (κ2) is 5.67. The predicted octanol–water partition coefficient (Wildman–Crippen LogP) is 2.25. The maximum Gasteiger partial charge on any atom is 0.222 e. The predicted molar refractivity (Wildman–Crippen MR) is 63.2 cm³/mol. The highest BCUT2D eigenvalue weighted by molar-refractivity contribution is 5.76. The first-order chi connectivity index (χ1) is 7.74. The molecule has 2 aliphatic rings. The van der Waals surface area contributed by atoms with Crippen LogP contribution in [0.2, 0.25) is 0 Å². The largest absolute Gasteiger partial charge is 0.378 e. The van der Waals surface area contributed by atoms with E-state index in [4.69, 9.17) is 4.74 Å². The molecule has 1 N–H and O–H groups in total. The fourth-order valence-corrected chi connectivity index (χ4v) is 2.80. The van der Waals surface area contributed by atoms with E-state index in [0.29, 0.717) is 12.5 Å². The van der Waals surface area contributed by atoms with E-state index in [1.54, 1.807) is 0 Å². The first kappa shape index (κ1) is 11.9. The van der Waals surface area contributed by atoms with Gasteiger partial charge in [-0.2, -0.15) is 0 Å². The summed E-state index contributed by atoms with van der Waals surface area (Å²) in [7, 11) is 0. The summed E-state index contributed by atoms with van der Waals surface area (Å²) in [5.74, 6) is 0.960. The van der Waals surface area contributed by atoms with Crippen LogP contribution in [0, 0.1) is 5.92 Å². The Hall–Kier alpha value is -0.570. The van der Waals surface area contributed by atoms with Gasteiger partial charge in [0.15, 0.2) is 0 Å². The standard InChI is InChI=1S/C13H23NO2/c1-10-5-6-11(8-10)14-13(15)9-12-4-2-3-7-16-12/h10-12H,2-9H2,1H3,(H,14,15). The first-order valence-electron chi connectivity index (χ1n) is 6.65. The molecule has 0 spiro atoms. The maximum atomic E-state index is 11.8. The smallest absolute Gasteiger partial charge is 0.222 e. The monoisotopic (exact) mass is 225 g/mol. The van der Waals surface area contributed by atoms with Crippen molar-refractivity contribution >= 4 is 5.91 Å². The van der Waals surface area contributed by atoms with Crippen LogP contribution < -0.4 is 5.32 Å². The molecule has 0 aromatic rings. The summed E-state index contributed by atoms with van der Waals surface area (Å²) in [6.07, 6.45) is 7.70. The fraction of sp³-hybridized carbons (Fsp3) is 0.923. The van der Waals surface area contributed by atoms with Crippen molar-refractivity contribution in [3.63, 3.8) is 0 Å². The van der Waals surface area contributed by atoms with Crippen molar-refractivity contribution in [2.45, 2.75) is 64.0 Å². The second-order valence-electron chi connectivity index (χ2n) is 5.38. The molecule has 2 fully saturated rings. The number of carbonyl (C=O) groups excluding carboxylic acids is 1. The van der Waals surface area contributed by atoms with E-state index in [1.807, 2.05) is 0 Å². The van der Waals surface area contributed by atoms with Crippen LogP contribution in [0.4, 0.5) is 0 Å². The highest BCUT2D eigenvalue weighted by atomic mass is 16.5. The number of nitrogens with one attached hydrogen (secondary N) is 1. The first-order valence-corrected chi connectivity index (χ1v) is 6.65. The van der Waals surface area contributed by atoms with Crippen LogP contribution in [0.3, 0.4) is 0 Å². The van der Waals surface area contributed by atoms with E-state index in [0.717, 1.165) is 38.2 Å². The molecular formula is C13H23NO2. The molecule has 1 heterocycles. The average molecular weight is 225 g/mol. The fourth-order valence-electron chi connectivity index (χ4n) is 2.80. The Bertz CT molecular complexity index is 227. The van der Waals surface area contributed by atoms with Crippen molar-refractivity contribution < 1.29 is 9.53 Å².